The fourth-order valence-electron chi connectivity index (χ4n) is 9.41. The minimum absolute atomic E-state index is 0.0127. The highest BCUT2D eigenvalue weighted by molar-refractivity contribution is 6.17. The van der Waals surface area contributed by atoms with Crippen LogP contribution in [0.25, 0.3) is 43.1 Å². The number of rotatable bonds is 30. The molecule has 22 heteroatoms. The Morgan fingerprint density at radius 2 is 0.760 bits per heavy atom. The van der Waals surface area contributed by atoms with Crippen LogP contribution in [0.15, 0.2) is 133 Å². The maximum atomic E-state index is 13.1. The minimum Gasteiger partial charge on any atom is -0.478 e. The zero-order valence-corrected chi connectivity index (χ0v) is 60.1. The van der Waals surface area contributed by atoms with E-state index >= 15 is 0 Å². The van der Waals surface area contributed by atoms with Crippen molar-refractivity contribution in [1.82, 2.24) is 0 Å². The van der Waals surface area contributed by atoms with E-state index in [1.165, 1.54) is 6.92 Å². The number of carboxylic acids is 1. The summed E-state index contributed by atoms with van der Waals surface area (Å²) < 4.78 is 45.6. The number of carbonyl (C=O) groups excluding carboxylic acids is 7. The third-order valence-corrected chi connectivity index (χ3v) is 16.7. The molecule has 8 unspecified atom stereocenters. The summed E-state index contributed by atoms with van der Waals surface area (Å²) in [7, 11) is 0. The smallest absolute Gasteiger partial charge is 0.339 e. The Hall–Kier alpha value is -8.64. The van der Waals surface area contributed by atoms with Crippen molar-refractivity contribution in [3.8, 4) is 0 Å². The molecule has 8 rings (SSSR count). The van der Waals surface area contributed by atoms with Gasteiger partial charge in [-0.05, 0) is 170 Å². The highest BCUT2D eigenvalue weighted by Gasteiger charge is 2.40. The van der Waals surface area contributed by atoms with Crippen molar-refractivity contribution in [3.63, 3.8) is 0 Å². The molecule has 2 aliphatic heterocycles. The van der Waals surface area contributed by atoms with E-state index in [9.17, 15) is 58.8 Å². The van der Waals surface area contributed by atoms with Gasteiger partial charge in [0.15, 0.2) is 0 Å². The number of hydrogen-bond acceptors (Lipinski definition) is 21. The van der Waals surface area contributed by atoms with Gasteiger partial charge in [0.1, 0.15) is 64.6 Å². The standard InChI is InChI=1S/C32H40O8.C17H30O6.C15H10O2.C7H10O3.C7H12O3/c1-6-32(5,30(37)39-18-21(2)33)16-15-31(3,4)29(36)40-20-24(34)19-38-28(35)27-25-13-9-7-11-22(25)17-23-12-8-10-14-26(23)27;1-6-17(5,15(20)22-9-12(2)18)8-7-16(3,4)14(19)23-11-13-10-21-13;16-15(17)14-12-7-3-1-5-10(12)9-11-6-2-4-8-13(11)14;1-5(2)7(8)10-4-6-3-9-6;1-5(2)7(9)10-4-6(3)8/h7-14,17,21,24,33-34H,6,15-16,18-20H2,1-5H3;12-13,18H,6-11H2,1-5H3;1-9H,(H,16,17);6H,1,3-4H2,2H3;6,8H,1,4H2,2-3H3. The van der Waals surface area contributed by atoms with Crippen molar-refractivity contribution in [2.45, 2.75) is 165 Å². The van der Waals surface area contributed by atoms with Crippen LogP contribution >= 0.6 is 0 Å². The van der Waals surface area contributed by atoms with E-state index in [1.807, 2.05) is 144 Å². The van der Waals surface area contributed by atoms with Crippen LogP contribution in [0.2, 0.25) is 0 Å². The van der Waals surface area contributed by atoms with Gasteiger partial charge in [0, 0.05) is 11.1 Å². The van der Waals surface area contributed by atoms with E-state index in [0.717, 1.165) is 43.1 Å². The van der Waals surface area contributed by atoms with Gasteiger partial charge in [-0.2, -0.15) is 0 Å². The molecule has 2 saturated heterocycles. The maximum absolute atomic E-state index is 13.1. The molecule has 22 nitrogen and oxygen atoms in total. The van der Waals surface area contributed by atoms with Crippen LogP contribution in [0.1, 0.15) is 149 Å². The van der Waals surface area contributed by atoms with E-state index < -0.39 is 75.9 Å². The Labute approximate surface area is 585 Å². The average molecular weight is 1390 g/mol. The molecule has 546 valence electrons. The van der Waals surface area contributed by atoms with Crippen molar-refractivity contribution < 1.29 is 107 Å². The molecular weight excluding hydrogens is 1290 g/mol. The molecule has 0 saturated carbocycles. The second kappa shape index (κ2) is 39.4. The topological polar surface area (TPSA) is 327 Å². The first-order chi connectivity index (χ1) is 47.0. The lowest BCUT2D eigenvalue weighted by molar-refractivity contribution is -0.162. The maximum Gasteiger partial charge on any atom is 0.339 e. The van der Waals surface area contributed by atoms with Gasteiger partial charge in [-0.25, -0.2) is 19.2 Å². The van der Waals surface area contributed by atoms with Crippen LogP contribution in [0.4, 0.5) is 0 Å². The molecule has 0 aromatic heterocycles. The van der Waals surface area contributed by atoms with E-state index in [2.05, 4.69) is 17.9 Å². The lowest BCUT2D eigenvalue weighted by Crippen LogP contribution is -2.35. The normalized spacial score (nSPS) is 16.1. The number of aromatic carboxylic acids is 1. The summed E-state index contributed by atoms with van der Waals surface area (Å²) in [4.78, 5) is 95.6. The first-order valence-corrected chi connectivity index (χ1v) is 33.5. The van der Waals surface area contributed by atoms with E-state index in [-0.39, 0.29) is 63.2 Å². The number of ether oxygens (including phenoxy) is 9. The minimum atomic E-state index is -1.21. The number of aliphatic hydroxyl groups excluding tert-OH is 4. The molecule has 6 aromatic rings. The molecule has 0 amide bonds. The van der Waals surface area contributed by atoms with E-state index in [0.29, 0.717) is 87.2 Å². The third-order valence-electron chi connectivity index (χ3n) is 16.7. The number of esters is 7. The Kier molecular flexibility index (Phi) is 33.0. The Balaban J connectivity index is 0.000000296. The second-order valence-electron chi connectivity index (χ2n) is 27.2. The second-order valence-corrected chi connectivity index (χ2v) is 27.2. The summed E-state index contributed by atoms with van der Waals surface area (Å²) in [5.74, 6) is -3.81. The summed E-state index contributed by atoms with van der Waals surface area (Å²) in [6, 6.07) is 34.3. The van der Waals surface area contributed by atoms with Crippen molar-refractivity contribution in [2.75, 3.05) is 59.5 Å². The predicted molar refractivity (Wildman–Crippen MR) is 379 cm³/mol. The van der Waals surface area contributed by atoms with Crippen LogP contribution in [0.5, 0.6) is 0 Å². The van der Waals surface area contributed by atoms with Crippen LogP contribution in [-0.2, 0) is 71.4 Å². The monoisotopic (exact) mass is 1390 g/mol. The fraction of sp³-hybridized carbons (Fsp3) is 0.487. The SMILES string of the molecule is C=C(C)C(=O)OCC(C)O.C=C(C)C(=O)OCC1CO1.CCC(C)(CCC(C)(C)C(=O)OCC(O)COC(=O)c1c2ccccc2cc2ccccc12)C(=O)OCC(C)O.CCC(C)(CCC(C)(C)C(=O)OCC1CO1)C(=O)OCC(C)O.O=C(O)c1c2ccccc2cc2ccccc12. The first kappa shape index (κ1) is 83.8. The summed E-state index contributed by atoms with van der Waals surface area (Å²) in [5.41, 5.74) is -1.50. The number of carboxylic acid groups (broad SMARTS) is 1. The summed E-state index contributed by atoms with van der Waals surface area (Å²) in [6.07, 6.45) is -0.193. The summed E-state index contributed by atoms with van der Waals surface area (Å²) in [6.45, 7) is 30.4. The largest absolute Gasteiger partial charge is 0.478 e. The molecule has 2 aliphatic rings. The highest BCUT2D eigenvalue weighted by Crippen LogP contribution is 2.38. The Morgan fingerprint density at radius 1 is 0.450 bits per heavy atom. The Bertz CT molecular complexity index is 3630. The molecule has 8 atom stereocenters. The number of fused-ring (bicyclic) bond motifs is 4. The molecule has 0 bridgehead atoms. The van der Waals surface area contributed by atoms with Crippen molar-refractivity contribution in [1.29, 1.82) is 0 Å². The van der Waals surface area contributed by atoms with Gasteiger partial charge in [-0.3, -0.25) is 19.2 Å². The zero-order chi connectivity index (χ0) is 74.7. The van der Waals surface area contributed by atoms with E-state index in [1.54, 1.807) is 48.5 Å². The van der Waals surface area contributed by atoms with Crippen LogP contribution in [0, 0.1) is 21.7 Å². The number of aliphatic hydroxyl groups is 4. The average Bonchev–Trinajstić information content (AvgIpc) is 0.914. The van der Waals surface area contributed by atoms with Gasteiger partial charge in [-0.1, -0.05) is 124 Å². The first-order valence-electron chi connectivity index (χ1n) is 33.5. The van der Waals surface area contributed by atoms with Crippen LogP contribution < -0.4 is 0 Å². The summed E-state index contributed by atoms with van der Waals surface area (Å²) >= 11 is 0. The highest BCUT2D eigenvalue weighted by atomic mass is 16.6. The molecule has 100 heavy (non-hydrogen) atoms. The number of carbonyl (C=O) groups is 8. The lowest BCUT2D eigenvalue weighted by Gasteiger charge is -2.30. The lowest BCUT2D eigenvalue weighted by atomic mass is 9.76. The molecule has 2 heterocycles. The number of hydrogen-bond donors (Lipinski definition) is 5. The fourth-order valence-corrected chi connectivity index (χ4v) is 9.41. The molecule has 0 radical (unpaired) electrons. The number of epoxide rings is 2. The van der Waals surface area contributed by atoms with Gasteiger partial charge < -0.3 is 68.2 Å². The predicted octanol–water partition coefficient (Wildman–Crippen LogP) is 12.0. The van der Waals surface area contributed by atoms with Crippen molar-refractivity contribution >= 4 is 90.8 Å². The summed E-state index contributed by atoms with van der Waals surface area (Å²) in [5, 5.41) is 53.9. The molecule has 0 spiro atoms. The van der Waals surface area contributed by atoms with Gasteiger partial charge in [0.25, 0.3) is 0 Å². The molecular formula is C78H102O22. The van der Waals surface area contributed by atoms with Crippen molar-refractivity contribution in [2.24, 2.45) is 21.7 Å². The number of benzene rings is 6. The van der Waals surface area contributed by atoms with Gasteiger partial charge in [-0.15, -0.1) is 0 Å². The van der Waals surface area contributed by atoms with Crippen LogP contribution in [0.3, 0.4) is 0 Å². The molecule has 0 aliphatic carbocycles. The van der Waals surface area contributed by atoms with Gasteiger partial charge >= 0.3 is 47.8 Å². The molecule has 6 aromatic carbocycles. The zero-order valence-electron chi connectivity index (χ0n) is 60.1. The van der Waals surface area contributed by atoms with E-state index in [4.69, 9.17) is 43.0 Å². The Morgan fingerprint density at radius 3 is 1.10 bits per heavy atom. The van der Waals surface area contributed by atoms with Gasteiger partial charge in [0.2, 0.25) is 0 Å². The third kappa shape index (κ3) is 27.1. The molecule has 2 fully saturated rings. The van der Waals surface area contributed by atoms with Gasteiger partial charge in [0.05, 0.1) is 64.3 Å². The quantitative estimate of drug-likeness (QED) is 0.00919. The van der Waals surface area contributed by atoms with Crippen molar-refractivity contribution in [3.05, 3.63) is 145 Å². The molecule has 5 N–H and O–H groups in total. The van der Waals surface area contributed by atoms with Crippen LogP contribution in [-0.4, -0.2) is 169 Å².